The number of allylic oxidation sites excluding steroid dienone is 1. The smallest absolute Gasteiger partial charge is 0.219 e. The number of carbonyl (C=O) groups is 1. The second kappa shape index (κ2) is 17.2. The molecular weight excluding hydrogens is 665 g/mol. The van der Waals surface area contributed by atoms with E-state index in [9.17, 15) is 9.18 Å². The molecule has 0 spiro atoms. The molecule has 0 radical (unpaired) electrons. The molecule has 0 amide bonds. The molecule has 51 heavy (non-hydrogen) atoms. The zero-order valence-corrected chi connectivity index (χ0v) is 29.6. The average Bonchev–Trinajstić information content (AvgIpc) is 3.14. The number of ether oxygens (including phenoxy) is 3. The molecule has 1 aliphatic heterocycles. The van der Waals surface area contributed by atoms with Crippen LogP contribution in [0.25, 0.3) is 5.70 Å². The Hall–Kier alpha value is -5.18. The first-order valence-corrected chi connectivity index (χ1v) is 17.4. The van der Waals surface area contributed by atoms with Crippen LogP contribution in [0.4, 0.5) is 4.39 Å². The van der Waals surface area contributed by atoms with Crippen LogP contribution >= 0.6 is 11.6 Å². The standard InChI is InChI=1S/C42H41ClFN3O4/c1-30-7-13-36(14-8-30)49-24-18-32-9-11-33(12-10-32)28-46-19-21-47(22-20-46)40(17-23-48)35-25-31(2)42(38(43)26-35)51-41-16-15-37(27-45-41)50-29-34-5-3-4-6-39(34)44/h3-17,23,25-27H,18-22,24,28-29H2,1-2H3/b40-17+. The Morgan fingerprint density at radius 2 is 1.59 bits per heavy atom. The van der Waals surface area contributed by atoms with Crippen LogP contribution in [0.3, 0.4) is 0 Å². The van der Waals surface area contributed by atoms with E-state index in [1.165, 1.54) is 29.0 Å². The van der Waals surface area contributed by atoms with Gasteiger partial charge in [0.25, 0.3) is 0 Å². The molecular formula is C42H41ClFN3O4. The van der Waals surface area contributed by atoms with Crippen molar-refractivity contribution in [1.29, 1.82) is 0 Å². The van der Waals surface area contributed by atoms with Gasteiger partial charge in [0.1, 0.15) is 30.2 Å². The third-order valence-electron chi connectivity index (χ3n) is 8.84. The Balaban J connectivity index is 1.00. The van der Waals surface area contributed by atoms with Gasteiger partial charge in [0.05, 0.1) is 17.8 Å². The summed E-state index contributed by atoms with van der Waals surface area (Å²) < 4.78 is 31.6. The second-order valence-corrected chi connectivity index (χ2v) is 13.0. The van der Waals surface area contributed by atoms with E-state index >= 15 is 0 Å². The highest BCUT2D eigenvalue weighted by molar-refractivity contribution is 6.32. The van der Waals surface area contributed by atoms with Crippen LogP contribution in [0.5, 0.6) is 23.1 Å². The van der Waals surface area contributed by atoms with Gasteiger partial charge in [0.2, 0.25) is 5.88 Å². The van der Waals surface area contributed by atoms with E-state index in [-0.39, 0.29) is 12.4 Å². The predicted octanol–water partition coefficient (Wildman–Crippen LogP) is 8.84. The SMILES string of the molecule is Cc1ccc(OCCc2ccc(CN3CCN(/C(=C/C=O)c4cc(C)c(Oc5ccc(OCc6ccccc6F)cn5)c(Cl)c4)CC3)cc2)cc1. The van der Waals surface area contributed by atoms with Gasteiger partial charge in [-0.05, 0) is 72.5 Å². The number of aryl methyl sites for hydroxylation is 2. The third kappa shape index (κ3) is 9.75. The lowest BCUT2D eigenvalue weighted by molar-refractivity contribution is -0.104. The molecule has 4 aromatic carbocycles. The van der Waals surface area contributed by atoms with Gasteiger partial charge in [0.15, 0.2) is 5.75 Å². The van der Waals surface area contributed by atoms with E-state index in [0.29, 0.717) is 34.6 Å². The molecule has 262 valence electrons. The number of carbonyl (C=O) groups excluding carboxylic acids is 1. The maximum atomic E-state index is 13.9. The average molecular weight is 706 g/mol. The quantitative estimate of drug-likeness (QED) is 0.0845. The molecule has 0 bridgehead atoms. The van der Waals surface area contributed by atoms with Crippen LogP contribution in [-0.2, 0) is 24.4 Å². The van der Waals surface area contributed by atoms with E-state index in [4.69, 9.17) is 25.8 Å². The number of pyridine rings is 1. The molecule has 0 saturated carbocycles. The maximum Gasteiger partial charge on any atom is 0.219 e. The van der Waals surface area contributed by atoms with Gasteiger partial charge in [-0.15, -0.1) is 0 Å². The van der Waals surface area contributed by atoms with Crippen LogP contribution < -0.4 is 14.2 Å². The molecule has 1 saturated heterocycles. The van der Waals surface area contributed by atoms with Crippen LogP contribution in [0.2, 0.25) is 5.02 Å². The molecule has 9 heteroatoms. The lowest BCUT2D eigenvalue weighted by Crippen LogP contribution is -2.45. The Morgan fingerprint density at radius 3 is 2.27 bits per heavy atom. The Bertz CT molecular complexity index is 1920. The summed E-state index contributed by atoms with van der Waals surface area (Å²) in [6.07, 6.45) is 4.80. The normalized spacial score (nSPS) is 13.6. The van der Waals surface area contributed by atoms with Crippen molar-refractivity contribution >= 4 is 23.6 Å². The van der Waals surface area contributed by atoms with Crippen molar-refractivity contribution in [2.75, 3.05) is 32.8 Å². The molecule has 7 nitrogen and oxygen atoms in total. The summed E-state index contributed by atoms with van der Waals surface area (Å²) in [5.41, 5.74) is 6.68. The first kappa shape index (κ1) is 35.6. The van der Waals surface area contributed by atoms with Gasteiger partial charge in [-0.2, -0.15) is 0 Å². The number of nitrogens with zero attached hydrogens (tertiary/aromatic N) is 3. The molecule has 0 unspecified atom stereocenters. The first-order valence-electron chi connectivity index (χ1n) is 17.1. The Morgan fingerprint density at radius 1 is 0.863 bits per heavy atom. The summed E-state index contributed by atoms with van der Waals surface area (Å²) in [6, 6.07) is 30.6. The molecule has 0 aliphatic carbocycles. The Kier molecular flexibility index (Phi) is 12.0. The fourth-order valence-corrected chi connectivity index (χ4v) is 6.29. The van der Waals surface area contributed by atoms with E-state index in [1.54, 1.807) is 36.4 Å². The van der Waals surface area contributed by atoms with E-state index in [0.717, 1.165) is 68.0 Å². The third-order valence-corrected chi connectivity index (χ3v) is 9.12. The van der Waals surface area contributed by atoms with E-state index in [1.807, 2.05) is 31.2 Å². The molecule has 1 aliphatic rings. The van der Waals surface area contributed by atoms with E-state index in [2.05, 4.69) is 58.1 Å². The number of aromatic nitrogens is 1. The number of aldehydes is 1. The van der Waals surface area contributed by atoms with Crippen LogP contribution in [-0.4, -0.2) is 53.9 Å². The number of hydrogen-bond donors (Lipinski definition) is 0. The highest BCUT2D eigenvalue weighted by Gasteiger charge is 2.22. The van der Waals surface area contributed by atoms with Gasteiger partial charge < -0.3 is 19.1 Å². The van der Waals surface area contributed by atoms with E-state index < -0.39 is 0 Å². The summed E-state index contributed by atoms with van der Waals surface area (Å²) in [6.45, 7) is 8.86. The first-order chi connectivity index (χ1) is 24.8. The molecule has 2 heterocycles. The van der Waals surface area contributed by atoms with Crippen LogP contribution in [0, 0.1) is 19.7 Å². The van der Waals surface area contributed by atoms with Crippen molar-refractivity contribution in [2.45, 2.75) is 33.4 Å². The van der Waals surface area contributed by atoms with Gasteiger partial charge in [-0.1, -0.05) is 71.8 Å². The topological polar surface area (TPSA) is 64.1 Å². The summed E-state index contributed by atoms with van der Waals surface area (Å²) in [7, 11) is 0. The number of piperazine rings is 1. The van der Waals surface area contributed by atoms with Crippen LogP contribution in [0.15, 0.2) is 109 Å². The second-order valence-electron chi connectivity index (χ2n) is 12.6. The lowest BCUT2D eigenvalue weighted by Gasteiger charge is -2.37. The lowest BCUT2D eigenvalue weighted by atomic mass is 10.1. The van der Waals surface area contributed by atoms with Crippen molar-refractivity contribution in [1.82, 2.24) is 14.8 Å². The maximum absolute atomic E-state index is 13.9. The fourth-order valence-electron chi connectivity index (χ4n) is 5.99. The molecule has 1 aromatic heterocycles. The predicted molar refractivity (Wildman–Crippen MR) is 199 cm³/mol. The highest BCUT2D eigenvalue weighted by Crippen LogP contribution is 2.36. The van der Waals surface area contributed by atoms with Crippen molar-refractivity contribution in [3.8, 4) is 23.1 Å². The zero-order chi connectivity index (χ0) is 35.6. The Labute approximate surface area is 303 Å². The number of hydrogen-bond acceptors (Lipinski definition) is 7. The highest BCUT2D eigenvalue weighted by atomic mass is 35.5. The summed E-state index contributed by atoms with van der Waals surface area (Å²) in [4.78, 5) is 20.8. The van der Waals surface area contributed by atoms with Crippen LogP contribution in [0.1, 0.15) is 33.4 Å². The summed E-state index contributed by atoms with van der Waals surface area (Å²) >= 11 is 6.75. The number of halogens is 2. The molecule has 6 rings (SSSR count). The van der Waals surface area contributed by atoms with Crippen molar-refractivity contribution in [3.63, 3.8) is 0 Å². The molecule has 0 N–H and O–H groups in total. The molecule has 1 fully saturated rings. The minimum absolute atomic E-state index is 0.0903. The number of benzene rings is 4. The van der Waals surface area contributed by atoms with Crippen molar-refractivity contribution in [2.24, 2.45) is 0 Å². The van der Waals surface area contributed by atoms with Gasteiger partial charge in [-0.3, -0.25) is 9.69 Å². The van der Waals surface area contributed by atoms with Gasteiger partial charge >= 0.3 is 0 Å². The summed E-state index contributed by atoms with van der Waals surface area (Å²) in [5, 5.41) is 0.410. The van der Waals surface area contributed by atoms with Gasteiger partial charge in [0, 0.05) is 62.5 Å². The molecule has 5 aromatic rings. The number of rotatable bonds is 14. The van der Waals surface area contributed by atoms with Crippen molar-refractivity contribution in [3.05, 3.63) is 154 Å². The largest absolute Gasteiger partial charge is 0.493 e. The minimum atomic E-state index is -0.318. The molecule has 0 atom stereocenters. The summed E-state index contributed by atoms with van der Waals surface area (Å²) in [5.74, 6) is 1.89. The minimum Gasteiger partial charge on any atom is -0.493 e. The fraction of sp³-hybridized carbons (Fsp3) is 0.238. The van der Waals surface area contributed by atoms with Gasteiger partial charge in [-0.25, -0.2) is 9.37 Å². The van der Waals surface area contributed by atoms with Crippen molar-refractivity contribution < 1.29 is 23.4 Å². The monoisotopic (exact) mass is 705 g/mol. The zero-order valence-electron chi connectivity index (χ0n) is 28.9.